The molecule has 1 heterocycles. The summed E-state index contributed by atoms with van der Waals surface area (Å²) in [5.74, 6) is -1.04. The first-order chi connectivity index (χ1) is 14.7. The second-order valence-electron chi connectivity index (χ2n) is 6.93. The fraction of sp³-hybridized carbons (Fsp3) is 0.286. The molecule has 1 aliphatic rings. The van der Waals surface area contributed by atoms with Crippen LogP contribution in [0, 0.1) is 5.92 Å². The number of benzene rings is 2. The van der Waals surface area contributed by atoms with E-state index in [9.17, 15) is 27.6 Å². The lowest BCUT2D eigenvalue weighted by Gasteiger charge is -2.17. The van der Waals surface area contributed by atoms with Gasteiger partial charge in [-0.05, 0) is 42.5 Å². The quantitative estimate of drug-likeness (QED) is 0.731. The van der Waals surface area contributed by atoms with Crippen molar-refractivity contribution in [1.29, 1.82) is 0 Å². The van der Waals surface area contributed by atoms with E-state index in [0.717, 1.165) is 12.1 Å². The predicted molar refractivity (Wildman–Crippen MR) is 107 cm³/mol. The van der Waals surface area contributed by atoms with E-state index >= 15 is 0 Å². The largest absolute Gasteiger partial charge is 0.484 e. The molecule has 1 unspecified atom stereocenters. The van der Waals surface area contributed by atoms with Gasteiger partial charge in [-0.25, -0.2) is 0 Å². The van der Waals surface area contributed by atoms with Gasteiger partial charge in [0, 0.05) is 31.4 Å². The van der Waals surface area contributed by atoms with E-state index in [0.29, 0.717) is 11.4 Å². The van der Waals surface area contributed by atoms with Crippen molar-refractivity contribution in [3.63, 3.8) is 0 Å². The summed E-state index contributed by atoms with van der Waals surface area (Å²) in [6.07, 6.45) is -4.37. The third kappa shape index (κ3) is 5.53. The summed E-state index contributed by atoms with van der Waals surface area (Å²) in [6.45, 7) is -0.130. The van der Waals surface area contributed by atoms with E-state index in [1.54, 1.807) is 24.3 Å². The van der Waals surface area contributed by atoms with Crippen molar-refractivity contribution in [2.45, 2.75) is 12.6 Å². The number of hydrogen-bond acceptors (Lipinski definition) is 4. The van der Waals surface area contributed by atoms with Gasteiger partial charge >= 0.3 is 6.18 Å². The lowest BCUT2D eigenvalue weighted by atomic mass is 10.1. The third-order valence-corrected chi connectivity index (χ3v) is 4.73. The van der Waals surface area contributed by atoms with Gasteiger partial charge in [-0.3, -0.25) is 14.4 Å². The predicted octanol–water partition coefficient (Wildman–Crippen LogP) is 2.82. The molecule has 0 bridgehead atoms. The monoisotopic (exact) mass is 435 g/mol. The molecule has 3 rings (SSSR count). The molecule has 0 radical (unpaired) electrons. The highest BCUT2D eigenvalue weighted by Gasteiger charge is 2.34. The first-order valence-electron chi connectivity index (χ1n) is 9.39. The average Bonchev–Trinajstić information content (AvgIpc) is 3.13. The molecule has 7 nitrogen and oxygen atoms in total. The van der Waals surface area contributed by atoms with Gasteiger partial charge in [0.15, 0.2) is 6.61 Å². The second kappa shape index (κ2) is 9.07. The van der Waals surface area contributed by atoms with Gasteiger partial charge in [-0.2, -0.15) is 13.2 Å². The summed E-state index contributed by atoms with van der Waals surface area (Å²) in [6, 6.07) is 10.7. The van der Waals surface area contributed by atoms with Crippen LogP contribution in [0.4, 0.5) is 24.5 Å². The molecule has 1 aliphatic heterocycles. The van der Waals surface area contributed by atoms with Crippen LogP contribution in [-0.4, -0.2) is 37.9 Å². The summed E-state index contributed by atoms with van der Waals surface area (Å²) in [4.78, 5) is 37.4. The zero-order valence-corrected chi connectivity index (χ0v) is 16.5. The molecule has 1 atom stereocenters. The number of anilines is 2. The Morgan fingerprint density at radius 2 is 1.87 bits per heavy atom. The van der Waals surface area contributed by atoms with Crippen LogP contribution in [0.5, 0.6) is 5.75 Å². The smallest absolute Gasteiger partial charge is 0.416 e. The molecule has 2 aromatic carbocycles. The van der Waals surface area contributed by atoms with Crippen LogP contribution in [0.15, 0.2) is 48.5 Å². The Labute approximate surface area is 176 Å². The molecule has 0 saturated carbocycles. The van der Waals surface area contributed by atoms with E-state index < -0.39 is 30.2 Å². The number of nitrogens with zero attached hydrogens (tertiary/aromatic N) is 1. The fourth-order valence-electron chi connectivity index (χ4n) is 3.18. The van der Waals surface area contributed by atoms with Crippen LogP contribution in [0.25, 0.3) is 0 Å². The molecule has 2 aromatic rings. The number of rotatable bonds is 6. The van der Waals surface area contributed by atoms with Crippen molar-refractivity contribution in [3.8, 4) is 5.75 Å². The lowest BCUT2D eigenvalue weighted by molar-refractivity contribution is -0.137. The van der Waals surface area contributed by atoms with E-state index in [1.165, 1.54) is 24.1 Å². The topological polar surface area (TPSA) is 87.7 Å². The zero-order chi connectivity index (χ0) is 22.6. The maximum atomic E-state index is 12.7. The molecule has 10 heteroatoms. The number of nitrogens with one attached hydrogen (secondary N) is 2. The molecule has 2 N–H and O–H groups in total. The van der Waals surface area contributed by atoms with Crippen molar-refractivity contribution in [3.05, 3.63) is 54.1 Å². The molecule has 1 saturated heterocycles. The second-order valence-corrected chi connectivity index (χ2v) is 6.93. The van der Waals surface area contributed by atoms with Crippen LogP contribution >= 0.6 is 0 Å². The average molecular weight is 435 g/mol. The van der Waals surface area contributed by atoms with Crippen molar-refractivity contribution in [2.75, 3.05) is 30.4 Å². The maximum Gasteiger partial charge on any atom is 0.416 e. The van der Waals surface area contributed by atoms with Gasteiger partial charge in [0.2, 0.25) is 11.8 Å². The van der Waals surface area contributed by atoms with Gasteiger partial charge in [0.05, 0.1) is 11.5 Å². The Kier molecular flexibility index (Phi) is 6.47. The van der Waals surface area contributed by atoms with E-state index in [2.05, 4.69) is 10.6 Å². The Bertz CT molecular complexity index is 977. The third-order valence-electron chi connectivity index (χ3n) is 4.73. The first-order valence-corrected chi connectivity index (χ1v) is 9.39. The molecular weight excluding hydrogens is 415 g/mol. The minimum atomic E-state index is -4.50. The summed E-state index contributed by atoms with van der Waals surface area (Å²) < 4.78 is 43.6. The standard InChI is InChI=1S/C21H20F3N3O4/c1-25-20(30)13-9-19(29)27(11-13)16-5-7-17(8-6-16)31-12-18(28)26-15-4-2-3-14(10-15)21(22,23)24/h2-8,10,13H,9,11-12H2,1H3,(H,25,30)(H,26,28). The molecule has 1 fully saturated rings. The molecular formula is C21H20F3N3O4. The summed E-state index contributed by atoms with van der Waals surface area (Å²) in [5.41, 5.74) is -0.258. The molecule has 0 aromatic heterocycles. The highest BCUT2D eigenvalue weighted by Crippen LogP contribution is 2.31. The zero-order valence-electron chi connectivity index (χ0n) is 16.5. The number of alkyl halides is 3. The van der Waals surface area contributed by atoms with Crippen LogP contribution < -0.4 is 20.3 Å². The lowest BCUT2D eigenvalue weighted by Crippen LogP contribution is -2.30. The van der Waals surface area contributed by atoms with Crippen LogP contribution in [0.1, 0.15) is 12.0 Å². The normalized spacial score (nSPS) is 16.2. The van der Waals surface area contributed by atoms with Crippen LogP contribution in [0.2, 0.25) is 0 Å². The number of carbonyl (C=O) groups is 3. The highest BCUT2D eigenvalue weighted by atomic mass is 19.4. The SMILES string of the molecule is CNC(=O)C1CC(=O)N(c2ccc(OCC(=O)Nc3cccc(C(F)(F)F)c3)cc2)C1. The van der Waals surface area contributed by atoms with Crippen molar-refractivity contribution < 1.29 is 32.3 Å². The number of ether oxygens (including phenoxy) is 1. The fourth-order valence-corrected chi connectivity index (χ4v) is 3.18. The molecule has 164 valence electrons. The number of amides is 3. The van der Waals surface area contributed by atoms with Crippen molar-refractivity contribution >= 4 is 29.1 Å². The molecule has 3 amide bonds. The summed E-state index contributed by atoms with van der Waals surface area (Å²) in [5, 5.41) is 4.89. The minimum Gasteiger partial charge on any atom is -0.484 e. The van der Waals surface area contributed by atoms with Crippen LogP contribution in [-0.2, 0) is 20.6 Å². The first kappa shape index (κ1) is 22.1. The van der Waals surface area contributed by atoms with Gasteiger partial charge in [-0.15, -0.1) is 0 Å². The van der Waals surface area contributed by atoms with E-state index in [4.69, 9.17) is 4.74 Å². The Hall–Kier alpha value is -3.56. The maximum absolute atomic E-state index is 12.7. The van der Waals surface area contributed by atoms with Gasteiger partial charge < -0.3 is 20.3 Å². The van der Waals surface area contributed by atoms with Gasteiger partial charge in [0.1, 0.15) is 5.75 Å². The van der Waals surface area contributed by atoms with Gasteiger partial charge in [0.25, 0.3) is 5.91 Å². The summed E-state index contributed by atoms with van der Waals surface area (Å²) in [7, 11) is 1.52. The van der Waals surface area contributed by atoms with Crippen molar-refractivity contribution in [1.82, 2.24) is 5.32 Å². The van der Waals surface area contributed by atoms with E-state index in [1.807, 2.05) is 0 Å². The molecule has 0 aliphatic carbocycles. The molecule has 31 heavy (non-hydrogen) atoms. The Balaban J connectivity index is 1.54. The minimum absolute atomic E-state index is 0.0111. The van der Waals surface area contributed by atoms with Crippen molar-refractivity contribution in [2.24, 2.45) is 5.92 Å². The summed E-state index contributed by atoms with van der Waals surface area (Å²) >= 11 is 0. The number of carbonyl (C=O) groups excluding carboxylic acids is 3. The Morgan fingerprint density at radius 3 is 2.52 bits per heavy atom. The number of halogens is 3. The highest BCUT2D eigenvalue weighted by molar-refractivity contribution is 6.00. The van der Waals surface area contributed by atoms with E-state index in [-0.39, 0.29) is 30.5 Å². The van der Waals surface area contributed by atoms with Crippen LogP contribution in [0.3, 0.4) is 0 Å². The Morgan fingerprint density at radius 1 is 1.16 bits per heavy atom. The molecule has 0 spiro atoms. The number of hydrogen-bond donors (Lipinski definition) is 2. The van der Waals surface area contributed by atoms with Gasteiger partial charge in [-0.1, -0.05) is 6.07 Å².